The molecule has 0 spiro atoms. The van der Waals surface area contributed by atoms with Gasteiger partial charge in [0.15, 0.2) is 0 Å². The van der Waals surface area contributed by atoms with Crippen LogP contribution in [-0.2, 0) is 21.2 Å². The van der Waals surface area contributed by atoms with Crippen molar-refractivity contribution in [1.82, 2.24) is 4.98 Å². The third-order valence-electron chi connectivity index (χ3n) is 3.97. The van der Waals surface area contributed by atoms with Gasteiger partial charge in [-0.3, -0.25) is 9.10 Å². The number of hydrogen-bond acceptors (Lipinski definition) is 4. The quantitative estimate of drug-likeness (QED) is 0.835. The Labute approximate surface area is 143 Å². The summed E-state index contributed by atoms with van der Waals surface area (Å²) in [5, 5.41) is 0. The van der Waals surface area contributed by atoms with Gasteiger partial charge in [-0.15, -0.1) is 0 Å². The second kappa shape index (κ2) is 6.73. The van der Waals surface area contributed by atoms with Gasteiger partial charge >= 0.3 is 0 Å². The van der Waals surface area contributed by atoms with Crippen molar-refractivity contribution in [3.8, 4) is 0 Å². The molecule has 0 aliphatic carbocycles. The largest absolute Gasteiger partial charge is 0.300 e. The van der Waals surface area contributed by atoms with Gasteiger partial charge in [-0.25, -0.2) is 13.4 Å². The first-order valence-electron chi connectivity index (χ1n) is 7.65. The van der Waals surface area contributed by atoms with Crippen molar-refractivity contribution >= 4 is 21.6 Å². The van der Waals surface area contributed by atoms with E-state index in [2.05, 4.69) is 4.98 Å². The topological polar surface area (TPSA) is 67.3 Å². The highest BCUT2D eigenvalue weighted by atomic mass is 32.2. The highest BCUT2D eigenvalue weighted by Crippen LogP contribution is 2.24. The van der Waals surface area contributed by atoms with Crippen LogP contribution in [0.25, 0.3) is 0 Å². The number of carbonyl (C=O) groups excluding carboxylic acids is 1. The zero-order valence-electron chi connectivity index (χ0n) is 14.6. The average Bonchev–Trinajstić information content (AvgIpc) is 2.50. The first-order chi connectivity index (χ1) is 11.1. The third-order valence-corrected chi connectivity index (χ3v) is 5.74. The molecule has 6 heteroatoms. The average molecular weight is 346 g/mol. The molecular formula is C18H22N2O3S. The molecule has 0 radical (unpaired) electrons. The maximum Gasteiger partial charge on any atom is 0.265 e. The SMILES string of the molecule is CC(=O)Cc1c(C)cc(N(C)S(=O)(=O)c2ccc(C)cc2)nc1C. The van der Waals surface area contributed by atoms with Crippen LogP contribution in [-0.4, -0.2) is 26.2 Å². The van der Waals surface area contributed by atoms with Gasteiger partial charge in [0.2, 0.25) is 0 Å². The van der Waals surface area contributed by atoms with E-state index in [9.17, 15) is 13.2 Å². The summed E-state index contributed by atoms with van der Waals surface area (Å²) in [6.45, 7) is 7.09. The highest BCUT2D eigenvalue weighted by molar-refractivity contribution is 7.92. The van der Waals surface area contributed by atoms with Gasteiger partial charge in [-0.1, -0.05) is 17.7 Å². The fourth-order valence-electron chi connectivity index (χ4n) is 2.51. The molecule has 24 heavy (non-hydrogen) atoms. The zero-order chi connectivity index (χ0) is 18.1. The molecule has 0 fully saturated rings. The monoisotopic (exact) mass is 346 g/mol. The van der Waals surface area contributed by atoms with Gasteiger partial charge in [-0.2, -0.15) is 0 Å². The first-order valence-corrected chi connectivity index (χ1v) is 9.09. The molecule has 0 bridgehead atoms. The fourth-order valence-corrected chi connectivity index (χ4v) is 3.64. The summed E-state index contributed by atoms with van der Waals surface area (Å²) in [4.78, 5) is 16.0. The lowest BCUT2D eigenvalue weighted by molar-refractivity contribution is -0.116. The molecule has 0 unspecified atom stereocenters. The number of benzene rings is 1. The van der Waals surface area contributed by atoms with Gasteiger partial charge in [0, 0.05) is 19.2 Å². The summed E-state index contributed by atoms with van der Waals surface area (Å²) < 4.78 is 26.7. The number of aryl methyl sites for hydroxylation is 3. The standard InChI is InChI=1S/C18H22N2O3S/c1-12-6-8-16(9-7-12)24(22,23)20(5)18-10-13(2)17(11-14(3)21)15(4)19-18/h6-10H,11H2,1-5H3. The summed E-state index contributed by atoms with van der Waals surface area (Å²) in [5.41, 5.74) is 3.38. The minimum Gasteiger partial charge on any atom is -0.300 e. The normalized spacial score (nSPS) is 11.4. The Balaban J connectivity index is 2.44. The number of Topliss-reactive ketones (excluding diaryl/α,β-unsaturated/α-hetero) is 1. The van der Waals surface area contributed by atoms with Crippen molar-refractivity contribution in [3.05, 3.63) is 52.7 Å². The lowest BCUT2D eigenvalue weighted by Gasteiger charge is -2.21. The molecule has 0 N–H and O–H groups in total. The molecule has 2 aromatic rings. The third kappa shape index (κ3) is 3.64. The molecule has 0 aliphatic heterocycles. The number of rotatable bonds is 5. The van der Waals surface area contributed by atoms with Crippen molar-refractivity contribution in [3.63, 3.8) is 0 Å². The predicted molar refractivity (Wildman–Crippen MR) is 94.9 cm³/mol. The number of anilines is 1. The smallest absolute Gasteiger partial charge is 0.265 e. The fraction of sp³-hybridized carbons (Fsp3) is 0.333. The molecular weight excluding hydrogens is 324 g/mol. The van der Waals surface area contributed by atoms with Crippen LogP contribution in [0, 0.1) is 20.8 Å². The lowest BCUT2D eigenvalue weighted by Crippen LogP contribution is -2.28. The molecule has 0 aliphatic rings. The second-order valence-corrected chi connectivity index (χ2v) is 7.99. The number of carbonyl (C=O) groups is 1. The molecule has 128 valence electrons. The molecule has 0 amide bonds. The molecule has 0 saturated carbocycles. The van der Waals surface area contributed by atoms with Gasteiger partial charge in [-0.05, 0) is 57.0 Å². The van der Waals surface area contributed by atoms with Gasteiger partial charge < -0.3 is 0 Å². The van der Waals surface area contributed by atoms with E-state index in [4.69, 9.17) is 0 Å². The van der Waals surface area contributed by atoms with E-state index in [0.29, 0.717) is 17.9 Å². The van der Waals surface area contributed by atoms with Crippen LogP contribution in [0.1, 0.15) is 29.3 Å². The second-order valence-electron chi connectivity index (χ2n) is 6.03. The van der Waals surface area contributed by atoms with Gasteiger partial charge in [0.05, 0.1) is 4.90 Å². The summed E-state index contributed by atoms with van der Waals surface area (Å²) in [6.07, 6.45) is 0.305. The van der Waals surface area contributed by atoms with E-state index in [1.54, 1.807) is 37.3 Å². The van der Waals surface area contributed by atoms with Crippen molar-refractivity contribution < 1.29 is 13.2 Å². The van der Waals surface area contributed by atoms with Crippen LogP contribution in [0.3, 0.4) is 0 Å². The van der Waals surface area contributed by atoms with Crippen LogP contribution in [0.2, 0.25) is 0 Å². The molecule has 2 rings (SSSR count). The highest BCUT2D eigenvalue weighted by Gasteiger charge is 2.23. The van der Waals surface area contributed by atoms with Crippen LogP contribution in [0.4, 0.5) is 5.82 Å². The molecule has 0 saturated heterocycles. The molecule has 0 atom stereocenters. The lowest BCUT2D eigenvalue weighted by atomic mass is 10.0. The Morgan fingerprint density at radius 1 is 1.12 bits per heavy atom. The molecule has 1 aromatic carbocycles. The number of aromatic nitrogens is 1. The van der Waals surface area contributed by atoms with E-state index in [-0.39, 0.29) is 10.7 Å². The maximum atomic E-state index is 12.8. The Morgan fingerprint density at radius 3 is 2.21 bits per heavy atom. The van der Waals surface area contributed by atoms with E-state index >= 15 is 0 Å². The van der Waals surface area contributed by atoms with Crippen molar-refractivity contribution in [1.29, 1.82) is 0 Å². The van der Waals surface area contributed by atoms with Crippen molar-refractivity contribution in [2.75, 3.05) is 11.4 Å². The first kappa shape index (κ1) is 18.1. The maximum absolute atomic E-state index is 12.8. The van der Waals surface area contributed by atoms with E-state index in [1.165, 1.54) is 18.3 Å². The van der Waals surface area contributed by atoms with Gasteiger partial charge in [0.25, 0.3) is 10.0 Å². The van der Waals surface area contributed by atoms with Gasteiger partial charge in [0.1, 0.15) is 11.6 Å². The Kier molecular flexibility index (Phi) is 5.08. The van der Waals surface area contributed by atoms with E-state index in [1.807, 2.05) is 13.8 Å². The van der Waals surface area contributed by atoms with E-state index in [0.717, 1.165) is 16.7 Å². The number of ketones is 1. The van der Waals surface area contributed by atoms with E-state index < -0.39 is 10.0 Å². The van der Waals surface area contributed by atoms with Crippen molar-refractivity contribution in [2.45, 2.75) is 39.0 Å². The number of hydrogen-bond donors (Lipinski definition) is 0. The Morgan fingerprint density at radius 2 is 1.71 bits per heavy atom. The van der Waals surface area contributed by atoms with Crippen LogP contribution in [0.15, 0.2) is 35.2 Å². The molecule has 1 aromatic heterocycles. The van der Waals surface area contributed by atoms with Crippen molar-refractivity contribution in [2.24, 2.45) is 0 Å². The number of pyridine rings is 1. The molecule has 1 heterocycles. The summed E-state index contributed by atoms with van der Waals surface area (Å²) in [6, 6.07) is 8.41. The van der Waals surface area contributed by atoms with Crippen LogP contribution < -0.4 is 4.31 Å². The predicted octanol–water partition coefficient (Wildman–Crippen LogP) is 2.96. The van der Waals surface area contributed by atoms with Crippen LogP contribution in [0.5, 0.6) is 0 Å². The number of sulfonamides is 1. The molecule has 5 nitrogen and oxygen atoms in total. The number of nitrogens with zero attached hydrogens (tertiary/aromatic N) is 2. The minimum atomic E-state index is -3.67. The van der Waals surface area contributed by atoms with Crippen LogP contribution >= 0.6 is 0 Å². The minimum absolute atomic E-state index is 0.0522. The summed E-state index contributed by atoms with van der Waals surface area (Å²) >= 11 is 0. The summed E-state index contributed by atoms with van der Waals surface area (Å²) in [7, 11) is -2.19. The Hall–Kier alpha value is -2.21. The Bertz CT molecular complexity index is 849. The zero-order valence-corrected chi connectivity index (χ0v) is 15.4. The summed E-state index contributed by atoms with van der Waals surface area (Å²) in [5.74, 6) is 0.397.